The number of nitrogens with one attached hydrogen (secondary N) is 1. The van der Waals surface area contributed by atoms with Crippen LogP contribution in [0.4, 0.5) is 0 Å². The Labute approximate surface area is 169 Å². The number of thiazole rings is 1. The second-order valence-corrected chi connectivity index (χ2v) is 10.1. The van der Waals surface area contributed by atoms with Crippen LogP contribution in [-0.2, 0) is 4.79 Å². The van der Waals surface area contributed by atoms with Gasteiger partial charge in [-0.2, -0.15) is 11.8 Å². The molecule has 0 aliphatic heterocycles. The Bertz CT molecular complexity index is 510. The van der Waals surface area contributed by atoms with Crippen molar-refractivity contribution in [1.82, 2.24) is 10.3 Å². The maximum atomic E-state index is 12.4. The fourth-order valence-corrected chi connectivity index (χ4v) is 5.62. The molecule has 148 valence electrons. The summed E-state index contributed by atoms with van der Waals surface area (Å²) < 4.78 is 1.02. The van der Waals surface area contributed by atoms with E-state index in [0.717, 1.165) is 16.5 Å². The molecular weight excluding hydrogens is 386 g/mol. The predicted octanol–water partition coefficient (Wildman–Crippen LogP) is 3.13. The minimum atomic E-state index is -0.546. The Hall–Kier alpha value is -0.280. The molecule has 0 unspecified atom stereocenters. The second-order valence-electron chi connectivity index (χ2n) is 6.92. The highest BCUT2D eigenvalue weighted by atomic mass is 32.2. The maximum Gasteiger partial charge on any atom is 0.238 e. The highest BCUT2D eigenvalue weighted by Gasteiger charge is 2.27. The summed E-state index contributed by atoms with van der Waals surface area (Å²) in [7, 11) is 0. The number of amides is 1. The van der Waals surface area contributed by atoms with Gasteiger partial charge in [-0.05, 0) is 25.0 Å². The van der Waals surface area contributed by atoms with E-state index in [9.17, 15) is 9.90 Å². The number of nitrogens with two attached hydrogens (primary N) is 1. The van der Waals surface area contributed by atoms with E-state index in [4.69, 9.17) is 5.73 Å². The summed E-state index contributed by atoms with van der Waals surface area (Å²) in [5, 5.41) is 15.7. The van der Waals surface area contributed by atoms with Gasteiger partial charge in [0.15, 0.2) is 0 Å². The van der Waals surface area contributed by atoms with Crippen LogP contribution in [-0.4, -0.2) is 51.9 Å². The van der Waals surface area contributed by atoms with Gasteiger partial charge < -0.3 is 16.2 Å². The molecule has 5 nitrogen and oxygen atoms in total. The number of hydrogen-bond donors (Lipinski definition) is 3. The standard InChI is InChI=1S/C18H31N3O2S3/c1-24-12-14(19)17(23)21-15(11-13-5-3-2-4-6-13)16(22)7-9-25-18-20-8-10-26-18/h8,10,13-16,22H,2-7,9,11-12,19H2,1H3,(H,21,23)/t14-,15-,16-/m0/s1. The van der Waals surface area contributed by atoms with E-state index in [0.29, 0.717) is 18.1 Å². The molecule has 0 saturated heterocycles. The Kier molecular flexibility index (Phi) is 10.4. The van der Waals surface area contributed by atoms with Crippen LogP contribution in [0.1, 0.15) is 44.9 Å². The lowest BCUT2D eigenvalue weighted by molar-refractivity contribution is -0.123. The molecule has 8 heteroatoms. The number of aliphatic hydroxyl groups excluding tert-OH is 1. The van der Waals surface area contributed by atoms with E-state index < -0.39 is 12.1 Å². The third-order valence-electron chi connectivity index (χ3n) is 4.84. The normalized spacial score (nSPS) is 19.0. The van der Waals surface area contributed by atoms with Gasteiger partial charge >= 0.3 is 0 Å². The first-order valence-corrected chi connectivity index (χ1v) is 12.6. The Balaban J connectivity index is 1.87. The molecule has 3 atom stereocenters. The van der Waals surface area contributed by atoms with Crippen molar-refractivity contribution in [3.8, 4) is 0 Å². The van der Waals surface area contributed by atoms with Gasteiger partial charge in [-0.3, -0.25) is 4.79 Å². The van der Waals surface area contributed by atoms with Gasteiger partial charge in [-0.15, -0.1) is 11.3 Å². The van der Waals surface area contributed by atoms with Crippen LogP contribution in [0.5, 0.6) is 0 Å². The molecule has 1 aliphatic rings. The van der Waals surface area contributed by atoms with Crippen LogP contribution < -0.4 is 11.1 Å². The van der Waals surface area contributed by atoms with Gasteiger partial charge in [0.2, 0.25) is 5.91 Å². The van der Waals surface area contributed by atoms with Crippen molar-refractivity contribution in [2.75, 3.05) is 17.8 Å². The number of aromatic nitrogens is 1. The molecule has 1 aliphatic carbocycles. The third-order valence-corrected chi connectivity index (χ3v) is 7.53. The molecule has 1 heterocycles. The summed E-state index contributed by atoms with van der Waals surface area (Å²) in [4.78, 5) is 16.6. The third kappa shape index (κ3) is 7.76. The van der Waals surface area contributed by atoms with Crippen molar-refractivity contribution in [1.29, 1.82) is 0 Å². The van der Waals surface area contributed by atoms with E-state index in [-0.39, 0.29) is 11.9 Å². The minimum absolute atomic E-state index is 0.146. The van der Waals surface area contributed by atoms with Gasteiger partial charge in [-0.1, -0.05) is 43.9 Å². The number of carbonyl (C=O) groups excluding carboxylic acids is 1. The molecular formula is C18H31N3O2S3. The number of thioether (sulfide) groups is 2. The number of carbonyl (C=O) groups is 1. The smallest absolute Gasteiger partial charge is 0.238 e. The average molecular weight is 418 g/mol. The average Bonchev–Trinajstić information content (AvgIpc) is 3.15. The summed E-state index contributed by atoms with van der Waals surface area (Å²) in [5.41, 5.74) is 5.95. The number of nitrogens with zero attached hydrogens (tertiary/aromatic N) is 1. The molecule has 0 spiro atoms. The number of aliphatic hydroxyl groups is 1. The SMILES string of the molecule is CSC[C@H](N)C(=O)N[C@@H](CC1CCCCC1)[C@@H](O)CCSc1nccs1. The molecule has 1 amide bonds. The lowest BCUT2D eigenvalue weighted by Gasteiger charge is -2.31. The molecule has 2 rings (SSSR count). The molecule has 1 fully saturated rings. The fourth-order valence-electron chi connectivity index (χ4n) is 3.39. The zero-order chi connectivity index (χ0) is 18.8. The topological polar surface area (TPSA) is 88.2 Å². The van der Waals surface area contributed by atoms with Crippen LogP contribution >= 0.6 is 34.9 Å². The Morgan fingerprint density at radius 3 is 2.88 bits per heavy atom. The predicted molar refractivity (Wildman–Crippen MR) is 113 cm³/mol. The largest absolute Gasteiger partial charge is 0.391 e. The summed E-state index contributed by atoms with van der Waals surface area (Å²) in [6.45, 7) is 0. The van der Waals surface area contributed by atoms with Crippen molar-refractivity contribution in [3.63, 3.8) is 0 Å². The highest BCUT2D eigenvalue weighted by Crippen LogP contribution is 2.29. The molecule has 0 bridgehead atoms. The van der Waals surface area contributed by atoms with Gasteiger partial charge in [0.05, 0.1) is 18.2 Å². The van der Waals surface area contributed by atoms with Crippen molar-refractivity contribution in [3.05, 3.63) is 11.6 Å². The maximum absolute atomic E-state index is 12.4. The molecule has 1 saturated carbocycles. The first kappa shape index (κ1) is 22.0. The second kappa shape index (κ2) is 12.2. The number of hydrogen-bond acceptors (Lipinski definition) is 7. The summed E-state index contributed by atoms with van der Waals surface area (Å²) in [5.74, 6) is 1.83. The highest BCUT2D eigenvalue weighted by molar-refractivity contribution is 8.01. The summed E-state index contributed by atoms with van der Waals surface area (Å²) in [6, 6.07) is -0.730. The van der Waals surface area contributed by atoms with Crippen LogP contribution in [0.15, 0.2) is 15.9 Å². The molecule has 4 N–H and O–H groups in total. The van der Waals surface area contributed by atoms with Crippen LogP contribution in [0.25, 0.3) is 0 Å². The zero-order valence-corrected chi connectivity index (χ0v) is 17.9. The molecule has 1 aromatic rings. The van der Waals surface area contributed by atoms with Gasteiger partial charge in [-0.25, -0.2) is 4.98 Å². The van der Waals surface area contributed by atoms with Gasteiger partial charge in [0.1, 0.15) is 4.34 Å². The zero-order valence-electron chi connectivity index (χ0n) is 15.4. The van der Waals surface area contributed by atoms with E-state index in [1.54, 1.807) is 41.1 Å². The Morgan fingerprint density at radius 1 is 1.46 bits per heavy atom. The van der Waals surface area contributed by atoms with E-state index in [1.807, 2.05) is 11.6 Å². The van der Waals surface area contributed by atoms with Crippen molar-refractivity contribution >= 4 is 40.8 Å². The monoisotopic (exact) mass is 417 g/mol. The molecule has 0 radical (unpaired) electrons. The van der Waals surface area contributed by atoms with Crippen molar-refractivity contribution in [2.24, 2.45) is 11.7 Å². The van der Waals surface area contributed by atoms with Crippen molar-refractivity contribution < 1.29 is 9.90 Å². The molecule has 1 aromatic heterocycles. The summed E-state index contributed by atoms with van der Waals surface area (Å²) in [6.07, 6.45) is 10.9. The van der Waals surface area contributed by atoms with E-state index >= 15 is 0 Å². The lowest BCUT2D eigenvalue weighted by atomic mass is 9.83. The first-order valence-electron chi connectivity index (χ1n) is 9.35. The molecule has 26 heavy (non-hydrogen) atoms. The van der Waals surface area contributed by atoms with Gasteiger partial charge in [0, 0.05) is 23.1 Å². The Morgan fingerprint density at radius 2 is 2.23 bits per heavy atom. The van der Waals surface area contributed by atoms with Crippen LogP contribution in [0.3, 0.4) is 0 Å². The summed E-state index contributed by atoms with van der Waals surface area (Å²) >= 11 is 4.84. The first-order chi connectivity index (χ1) is 12.6. The van der Waals surface area contributed by atoms with Crippen LogP contribution in [0, 0.1) is 5.92 Å². The number of rotatable bonds is 11. The van der Waals surface area contributed by atoms with Gasteiger partial charge in [0.25, 0.3) is 0 Å². The lowest BCUT2D eigenvalue weighted by Crippen LogP contribution is -2.51. The van der Waals surface area contributed by atoms with E-state index in [1.165, 1.54) is 32.1 Å². The van der Waals surface area contributed by atoms with E-state index in [2.05, 4.69) is 10.3 Å². The minimum Gasteiger partial charge on any atom is -0.391 e. The quantitative estimate of drug-likeness (QED) is 0.480. The molecule has 0 aromatic carbocycles. The van der Waals surface area contributed by atoms with Crippen molar-refractivity contribution in [2.45, 2.75) is 67.5 Å². The van der Waals surface area contributed by atoms with Crippen LogP contribution in [0.2, 0.25) is 0 Å². The fraction of sp³-hybridized carbons (Fsp3) is 0.778.